The van der Waals surface area contributed by atoms with Crippen LogP contribution in [0.4, 0.5) is 5.69 Å². The highest BCUT2D eigenvalue weighted by Crippen LogP contribution is 2.18. The molecule has 120 valence electrons. The van der Waals surface area contributed by atoms with Crippen LogP contribution in [0.5, 0.6) is 11.5 Å². The van der Waals surface area contributed by atoms with Gasteiger partial charge in [-0.1, -0.05) is 12.1 Å². The van der Waals surface area contributed by atoms with E-state index in [0.29, 0.717) is 17.2 Å². The molecule has 0 aliphatic rings. The van der Waals surface area contributed by atoms with Crippen molar-refractivity contribution in [1.29, 1.82) is 0 Å². The van der Waals surface area contributed by atoms with E-state index in [1.54, 1.807) is 24.3 Å². The van der Waals surface area contributed by atoms with Crippen molar-refractivity contribution >= 4 is 17.6 Å². The Balaban J connectivity index is 1.93. The first-order valence-corrected chi connectivity index (χ1v) is 7.22. The zero-order valence-corrected chi connectivity index (χ0v) is 13.4. The normalized spacial score (nSPS) is 10.0. The number of carbonyl (C=O) groups is 2. The number of rotatable bonds is 5. The summed E-state index contributed by atoms with van der Waals surface area (Å²) in [5.74, 6) is 0.285. The number of amides is 1. The molecule has 2 rings (SSSR count). The molecule has 2 aromatic rings. The van der Waals surface area contributed by atoms with Gasteiger partial charge in [0.15, 0.2) is 6.61 Å². The van der Waals surface area contributed by atoms with Gasteiger partial charge >= 0.3 is 5.97 Å². The summed E-state index contributed by atoms with van der Waals surface area (Å²) in [5, 5.41) is 2.63. The lowest BCUT2D eigenvalue weighted by molar-refractivity contribution is -0.136. The molecule has 2 aromatic carbocycles. The summed E-state index contributed by atoms with van der Waals surface area (Å²) >= 11 is 0. The van der Waals surface area contributed by atoms with Crippen LogP contribution in [0.2, 0.25) is 0 Å². The average molecular weight is 313 g/mol. The van der Waals surface area contributed by atoms with Crippen molar-refractivity contribution in [3.63, 3.8) is 0 Å². The lowest BCUT2D eigenvalue weighted by atomic mass is 10.1. The first-order chi connectivity index (χ1) is 10.9. The molecule has 5 nitrogen and oxygen atoms in total. The molecule has 0 saturated carbocycles. The van der Waals surface area contributed by atoms with E-state index >= 15 is 0 Å². The van der Waals surface area contributed by atoms with Crippen molar-refractivity contribution in [2.75, 3.05) is 11.9 Å². The predicted molar refractivity (Wildman–Crippen MR) is 87.8 cm³/mol. The van der Waals surface area contributed by atoms with E-state index in [1.807, 2.05) is 32.0 Å². The fraction of sp³-hybridized carbons (Fsp3) is 0.222. The van der Waals surface area contributed by atoms with Gasteiger partial charge in [-0.25, -0.2) is 4.79 Å². The van der Waals surface area contributed by atoms with Crippen LogP contribution in [-0.2, 0) is 9.59 Å². The Hall–Kier alpha value is -2.82. The number of hydrogen-bond donors (Lipinski definition) is 1. The van der Waals surface area contributed by atoms with Crippen LogP contribution in [-0.4, -0.2) is 18.5 Å². The second-order valence-corrected chi connectivity index (χ2v) is 5.30. The molecule has 0 bridgehead atoms. The summed E-state index contributed by atoms with van der Waals surface area (Å²) in [6.45, 7) is 5.15. The predicted octanol–water partition coefficient (Wildman–Crippen LogP) is 3.25. The Labute approximate surface area is 135 Å². The highest BCUT2D eigenvalue weighted by Gasteiger charge is 2.08. The molecule has 0 radical (unpaired) electrons. The van der Waals surface area contributed by atoms with Crippen molar-refractivity contribution in [2.45, 2.75) is 20.8 Å². The highest BCUT2D eigenvalue weighted by atomic mass is 16.6. The Bertz CT molecular complexity index is 704. The number of nitrogens with one attached hydrogen (secondary N) is 1. The molecule has 23 heavy (non-hydrogen) atoms. The van der Waals surface area contributed by atoms with Gasteiger partial charge < -0.3 is 14.8 Å². The maximum absolute atomic E-state index is 11.9. The zero-order chi connectivity index (χ0) is 16.8. The largest absolute Gasteiger partial charge is 0.482 e. The summed E-state index contributed by atoms with van der Waals surface area (Å²) in [7, 11) is 0. The average Bonchev–Trinajstić information content (AvgIpc) is 2.44. The van der Waals surface area contributed by atoms with Gasteiger partial charge in [0.2, 0.25) is 5.91 Å². The van der Waals surface area contributed by atoms with E-state index in [-0.39, 0.29) is 12.5 Å². The van der Waals surface area contributed by atoms with Crippen molar-refractivity contribution in [3.05, 3.63) is 53.6 Å². The van der Waals surface area contributed by atoms with Crippen LogP contribution < -0.4 is 14.8 Å². The summed E-state index contributed by atoms with van der Waals surface area (Å²) in [5.41, 5.74) is 2.70. The van der Waals surface area contributed by atoms with E-state index in [1.165, 1.54) is 6.92 Å². The third-order valence-electron chi connectivity index (χ3n) is 2.94. The van der Waals surface area contributed by atoms with Crippen LogP contribution >= 0.6 is 0 Å². The summed E-state index contributed by atoms with van der Waals surface area (Å²) < 4.78 is 10.7. The quantitative estimate of drug-likeness (QED) is 0.680. The molecular weight excluding hydrogens is 294 g/mol. The molecule has 0 aliphatic carbocycles. The maximum Gasteiger partial charge on any atom is 0.349 e. The van der Waals surface area contributed by atoms with Crippen LogP contribution in [0.3, 0.4) is 0 Å². The molecule has 0 aromatic heterocycles. The molecule has 0 unspecified atom stereocenters. The molecule has 0 heterocycles. The van der Waals surface area contributed by atoms with E-state index in [4.69, 9.17) is 9.47 Å². The maximum atomic E-state index is 11.9. The molecule has 0 spiro atoms. The molecule has 0 atom stereocenters. The zero-order valence-electron chi connectivity index (χ0n) is 13.4. The number of esters is 1. The van der Waals surface area contributed by atoms with Gasteiger partial charge in [-0.05, 0) is 49.2 Å². The topological polar surface area (TPSA) is 64.6 Å². The second kappa shape index (κ2) is 7.45. The Morgan fingerprint density at radius 2 is 1.70 bits per heavy atom. The molecule has 5 heteroatoms. The van der Waals surface area contributed by atoms with Crippen LogP contribution in [0.25, 0.3) is 0 Å². The SMILES string of the molecule is CC(=O)Nc1cccc(OC(=O)COc2cc(C)cc(C)c2)c1. The number of hydrogen-bond acceptors (Lipinski definition) is 4. The smallest absolute Gasteiger partial charge is 0.349 e. The summed E-state index contributed by atoms with van der Waals surface area (Å²) in [6, 6.07) is 12.4. The minimum Gasteiger partial charge on any atom is -0.482 e. The molecule has 0 fully saturated rings. The van der Waals surface area contributed by atoms with Gasteiger partial charge in [0, 0.05) is 18.7 Å². The fourth-order valence-corrected chi connectivity index (χ4v) is 2.16. The van der Waals surface area contributed by atoms with Crippen molar-refractivity contribution in [2.24, 2.45) is 0 Å². The fourth-order valence-electron chi connectivity index (χ4n) is 2.16. The standard InChI is InChI=1S/C18H19NO4/c1-12-7-13(2)9-17(8-12)22-11-18(21)23-16-6-4-5-15(10-16)19-14(3)20/h4-10H,11H2,1-3H3,(H,19,20). The number of ether oxygens (including phenoxy) is 2. The highest BCUT2D eigenvalue weighted by molar-refractivity contribution is 5.89. The number of benzene rings is 2. The van der Waals surface area contributed by atoms with Crippen molar-refractivity contribution in [1.82, 2.24) is 0 Å². The summed E-state index contributed by atoms with van der Waals surface area (Å²) in [6.07, 6.45) is 0. The van der Waals surface area contributed by atoms with Crippen molar-refractivity contribution in [3.8, 4) is 11.5 Å². The Morgan fingerprint density at radius 3 is 2.35 bits per heavy atom. The van der Waals surface area contributed by atoms with Gasteiger partial charge in [0.1, 0.15) is 11.5 Å². The molecule has 1 N–H and O–H groups in total. The van der Waals surface area contributed by atoms with Crippen molar-refractivity contribution < 1.29 is 19.1 Å². The Kier molecular flexibility index (Phi) is 5.36. The van der Waals surface area contributed by atoms with Gasteiger partial charge in [-0.15, -0.1) is 0 Å². The van der Waals surface area contributed by atoms with Gasteiger partial charge in [-0.3, -0.25) is 4.79 Å². The van der Waals surface area contributed by atoms with E-state index in [9.17, 15) is 9.59 Å². The third kappa shape index (κ3) is 5.47. The van der Waals surface area contributed by atoms with Crippen LogP contribution in [0, 0.1) is 13.8 Å². The third-order valence-corrected chi connectivity index (χ3v) is 2.94. The van der Waals surface area contributed by atoms with Gasteiger partial charge in [-0.2, -0.15) is 0 Å². The number of carbonyl (C=O) groups excluding carboxylic acids is 2. The van der Waals surface area contributed by atoms with E-state index in [2.05, 4.69) is 5.32 Å². The van der Waals surface area contributed by atoms with Crippen LogP contribution in [0.15, 0.2) is 42.5 Å². The first-order valence-electron chi connectivity index (χ1n) is 7.22. The number of aryl methyl sites for hydroxylation is 2. The monoisotopic (exact) mass is 313 g/mol. The molecule has 0 aliphatic heterocycles. The van der Waals surface area contributed by atoms with Crippen LogP contribution in [0.1, 0.15) is 18.1 Å². The Morgan fingerprint density at radius 1 is 1.00 bits per heavy atom. The van der Waals surface area contributed by atoms with E-state index < -0.39 is 5.97 Å². The molecule has 0 saturated heterocycles. The summed E-state index contributed by atoms with van der Waals surface area (Å²) in [4.78, 5) is 22.9. The lowest BCUT2D eigenvalue weighted by Gasteiger charge is -2.09. The second-order valence-electron chi connectivity index (χ2n) is 5.30. The molecular formula is C18H19NO4. The minimum absolute atomic E-state index is 0.187. The van der Waals surface area contributed by atoms with Gasteiger partial charge in [0.05, 0.1) is 0 Å². The first kappa shape index (κ1) is 16.5. The van der Waals surface area contributed by atoms with E-state index in [0.717, 1.165) is 11.1 Å². The van der Waals surface area contributed by atoms with Gasteiger partial charge in [0.25, 0.3) is 0 Å². The molecule has 1 amide bonds. The number of anilines is 1. The minimum atomic E-state index is -0.510. The lowest BCUT2D eigenvalue weighted by Crippen LogP contribution is -2.18.